The minimum Gasteiger partial charge on any atom is -0.378 e. The second kappa shape index (κ2) is 8.00. The Morgan fingerprint density at radius 1 is 1.28 bits per heavy atom. The molecule has 1 fully saturated rings. The highest BCUT2D eigenvalue weighted by Gasteiger charge is 2.27. The molecule has 1 N–H and O–H groups in total. The van der Waals surface area contributed by atoms with Gasteiger partial charge in [-0.05, 0) is 62.6 Å². The maximum Gasteiger partial charge on any atom is 0.227 e. The van der Waals surface area contributed by atoms with E-state index in [1.165, 1.54) is 13.3 Å². The summed E-state index contributed by atoms with van der Waals surface area (Å²) in [5, 5.41) is 2.91. The van der Waals surface area contributed by atoms with Gasteiger partial charge in [0.1, 0.15) is 0 Å². The van der Waals surface area contributed by atoms with Gasteiger partial charge in [-0.25, -0.2) is 0 Å². The van der Waals surface area contributed by atoms with Crippen molar-refractivity contribution in [2.24, 2.45) is 0 Å². The zero-order valence-corrected chi connectivity index (χ0v) is 15.3. The van der Waals surface area contributed by atoms with E-state index in [1.807, 2.05) is 24.0 Å². The number of anilines is 2. The van der Waals surface area contributed by atoms with Crippen molar-refractivity contribution < 1.29 is 14.3 Å². The largest absolute Gasteiger partial charge is 0.378 e. The van der Waals surface area contributed by atoms with Crippen LogP contribution in [-0.2, 0) is 20.7 Å². The van der Waals surface area contributed by atoms with Crippen molar-refractivity contribution >= 4 is 23.2 Å². The summed E-state index contributed by atoms with van der Waals surface area (Å²) in [4.78, 5) is 26.3. The van der Waals surface area contributed by atoms with Gasteiger partial charge in [0.15, 0.2) is 0 Å². The normalized spacial score (nSPS) is 20.1. The van der Waals surface area contributed by atoms with Crippen molar-refractivity contribution in [3.05, 3.63) is 23.3 Å². The average molecular weight is 344 g/mol. The molecule has 2 aliphatic rings. The van der Waals surface area contributed by atoms with Gasteiger partial charge in [-0.2, -0.15) is 0 Å². The molecule has 0 radical (unpaired) electrons. The van der Waals surface area contributed by atoms with Gasteiger partial charge >= 0.3 is 0 Å². The van der Waals surface area contributed by atoms with Crippen LogP contribution < -0.4 is 10.2 Å². The van der Waals surface area contributed by atoms with E-state index < -0.39 is 0 Å². The summed E-state index contributed by atoms with van der Waals surface area (Å²) in [6.45, 7) is 5.13. The van der Waals surface area contributed by atoms with Gasteiger partial charge in [0.25, 0.3) is 0 Å². The average Bonchev–Trinajstić information content (AvgIpc) is 2.62. The molecular weight excluding hydrogens is 316 g/mol. The molecule has 1 aromatic carbocycles. The lowest BCUT2D eigenvalue weighted by Gasteiger charge is -2.33. The lowest BCUT2D eigenvalue weighted by Crippen LogP contribution is -2.37. The van der Waals surface area contributed by atoms with Crippen molar-refractivity contribution in [1.82, 2.24) is 0 Å². The summed E-state index contributed by atoms with van der Waals surface area (Å²) in [6, 6.07) is 3.93. The molecule has 1 aromatic rings. The van der Waals surface area contributed by atoms with E-state index in [2.05, 4.69) is 5.32 Å². The fourth-order valence-corrected chi connectivity index (χ4v) is 3.92. The third-order valence-electron chi connectivity index (χ3n) is 5.13. The molecule has 5 heteroatoms. The minimum absolute atomic E-state index is 0.0797. The zero-order chi connectivity index (χ0) is 17.8. The number of aryl methyl sites for hydroxylation is 1. The fraction of sp³-hybridized carbons (Fsp3) is 0.600. The number of benzene rings is 1. The second-order valence-electron chi connectivity index (χ2n) is 7.11. The molecule has 1 saturated heterocycles. The molecule has 2 aliphatic heterocycles. The summed E-state index contributed by atoms with van der Waals surface area (Å²) in [7, 11) is 0. The van der Waals surface area contributed by atoms with Gasteiger partial charge in [0.05, 0.1) is 11.8 Å². The molecule has 0 saturated carbocycles. The molecule has 0 bridgehead atoms. The molecule has 2 amide bonds. The molecular formula is C20H28N2O3. The summed E-state index contributed by atoms with van der Waals surface area (Å²) in [5.74, 6) is 0.0853. The van der Waals surface area contributed by atoms with E-state index in [-0.39, 0.29) is 17.9 Å². The number of hydrogen-bond donors (Lipinski definition) is 1. The Morgan fingerprint density at radius 3 is 2.84 bits per heavy atom. The van der Waals surface area contributed by atoms with Crippen molar-refractivity contribution in [2.45, 2.75) is 64.9 Å². The standard InChI is InChI=1S/C20H28N2O3/c1-14-8-10-18(21-15(2)23)17-7-5-12-22(20(14)17)19(24)11-9-16-6-3-4-13-25-16/h8,10,16H,3-7,9,11-13H2,1-2H3,(H,21,23). The first kappa shape index (κ1) is 17.9. The Morgan fingerprint density at radius 2 is 2.12 bits per heavy atom. The number of ether oxygens (including phenoxy) is 1. The topological polar surface area (TPSA) is 58.6 Å². The van der Waals surface area contributed by atoms with Gasteiger partial charge in [-0.15, -0.1) is 0 Å². The van der Waals surface area contributed by atoms with Gasteiger partial charge in [0, 0.05) is 32.2 Å². The Kier molecular flexibility index (Phi) is 5.74. The predicted molar refractivity (Wildman–Crippen MR) is 99.0 cm³/mol. The molecule has 1 atom stereocenters. The summed E-state index contributed by atoms with van der Waals surface area (Å²) in [5.41, 5.74) is 4.00. The summed E-state index contributed by atoms with van der Waals surface area (Å²) < 4.78 is 5.75. The van der Waals surface area contributed by atoms with Crippen molar-refractivity contribution in [2.75, 3.05) is 23.4 Å². The fourth-order valence-electron chi connectivity index (χ4n) is 3.92. The maximum atomic E-state index is 12.9. The van der Waals surface area contributed by atoms with Gasteiger partial charge in [-0.1, -0.05) is 6.07 Å². The van der Waals surface area contributed by atoms with Crippen LogP contribution in [-0.4, -0.2) is 31.1 Å². The number of fused-ring (bicyclic) bond motifs is 1. The molecule has 5 nitrogen and oxygen atoms in total. The van der Waals surface area contributed by atoms with E-state index in [0.29, 0.717) is 6.42 Å². The van der Waals surface area contributed by atoms with Crippen molar-refractivity contribution in [3.8, 4) is 0 Å². The van der Waals surface area contributed by atoms with Gasteiger partial charge in [0.2, 0.25) is 11.8 Å². The van der Waals surface area contributed by atoms with E-state index in [4.69, 9.17) is 4.74 Å². The maximum absolute atomic E-state index is 12.9. The third-order valence-corrected chi connectivity index (χ3v) is 5.13. The number of rotatable bonds is 4. The quantitative estimate of drug-likeness (QED) is 0.908. The first-order valence-electron chi connectivity index (χ1n) is 9.38. The predicted octanol–water partition coefficient (Wildman–Crippen LogP) is 3.58. The Balaban J connectivity index is 1.75. The first-order chi connectivity index (χ1) is 12.1. The van der Waals surface area contributed by atoms with Crippen LogP contribution in [0.15, 0.2) is 12.1 Å². The highest BCUT2D eigenvalue weighted by molar-refractivity contribution is 5.98. The Labute approximate surface area is 149 Å². The molecule has 0 aliphatic carbocycles. The van der Waals surface area contributed by atoms with Crippen LogP contribution in [0.1, 0.15) is 56.6 Å². The number of nitrogens with one attached hydrogen (secondary N) is 1. The van der Waals surface area contributed by atoms with Crippen LogP contribution in [0.25, 0.3) is 0 Å². The molecule has 3 rings (SSSR count). The van der Waals surface area contributed by atoms with E-state index >= 15 is 0 Å². The van der Waals surface area contributed by atoms with E-state index in [0.717, 1.165) is 67.8 Å². The van der Waals surface area contributed by atoms with E-state index in [1.54, 1.807) is 0 Å². The molecule has 25 heavy (non-hydrogen) atoms. The highest BCUT2D eigenvalue weighted by atomic mass is 16.5. The molecule has 2 heterocycles. The Hall–Kier alpha value is -1.88. The highest BCUT2D eigenvalue weighted by Crippen LogP contribution is 2.36. The number of carbonyl (C=O) groups excluding carboxylic acids is 2. The smallest absolute Gasteiger partial charge is 0.227 e. The Bertz CT molecular complexity index is 651. The zero-order valence-electron chi connectivity index (χ0n) is 15.3. The number of hydrogen-bond acceptors (Lipinski definition) is 3. The van der Waals surface area contributed by atoms with Crippen LogP contribution in [0, 0.1) is 6.92 Å². The van der Waals surface area contributed by atoms with Gasteiger partial charge in [-0.3, -0.25) is 9.59 Å². The van der Waals surface area contributed by atoms with Crippen molar-refractivity contribution in [1.29, 1.82) is 0 Å². The van der Waals surface area contributed by atoms with Crippen LogP contribution >= 0.6 is 0 Å². The number of amides is 2. The van der Waals surface area contributed by atoms with Gasteiger partial charge < -0.3 is 15.0 Å². The minimum atomic E-state index is -0.0797. The van der Waals surface area contributed by atoms with Crippen LogP contribution in [0.2, 0.25) is 0 Å². The van der Waals surface area contributed by atoms with Crippen LogP contribution in [0.4, 0.5) is 11.4 Å². The lowest BCUT2D eigenvalue weighted by atomic mass is 9.95. The monoisotopic (exact) mass is 344 g/mol. The van der Waals surface area contributed by atoms with E-state index in [9.17, 15) is 9.59 Å². The molecule has 1 unspecified atom stereocenters. The lowest BCUT2D eigenvalue weighted by molar-refractivity contribution is -0.119. The molecule has 136 valence electrons. The number of nitrogens with zero attached hydrogens (tertiary/aromatic N) is 1. The summed E-state index contributed by atoms with van der Waals surface area (Å²) in [6.07, 6.45) is 6.77. The first-order valence-corrected chi connectivity index (χ1v) is 9.38. The van der Waals surface area contributed by atoms with Crippen molar-refractivity contribution in [3.63, 3.8) is 0 Å². The van der Waals surface area contributed by atoms with Crippen LogP contribution in [0.5, 0.6) is 0 Å². The second-order valence-corrected chi connectivity index (χ2v) is 7.11. The third kappa shape index (κ3) is 4.21. The number of carbonyl (C=O) groups is 2. The molecule has 0 spiro atoms. The van der Waals surface area contributed by atoms with Crippen LogP contribution in [0.3, 0.4) is 0 Å². The molecule has 0 aromatic heterocycles. The SMILES string of the molecule is CC(=O)Nc1ccc(C)c2c1CCCN2C(=O)CCC1CCCCO1. The summed E-state index contributed by atoms with van der Waals surface area (Å²) >= 11 is 0.